The fourth-order valence-corrected chi connectivity index (χ4v) is 7.77. The predicted octanol–water partition coefficient (Wildman–Crippen LogP) is 4.39. The standard InChI is InChI=1S/C27H35N3O5S/c1-26(2)16-19(10-15-36(26,32)33)24-28-22-20-6-4-5-7-21(20)35-27(23(22)29(24)3)11-13-30(14-12-27)25(31)34-17-18-8-9-18/h4-7,18-19H,8-17H2,1-3H3/t19-/m1/s1. The highest BCUT2D eigenvalue weighted by atomic mass is 32.2. The molecule has 36 heavy (non-hydrogen) atoms. The van der Waals surface area contributed by atoms with Crippen molar-refractivity contribution in [2.24, 2.45) is 13.0 Å². The minimum absolute atomic E-state index is 0.0563. The molecule has 1 spiro atoms. The molecular formula is C27H35N3O5S. The lowest BCUT2D eigenvalue weighted by molar-refractivity contribution is -0.0111. The molecule has 8 nitrogen and oxygen atoms in total. The van der Waals surface area contributed by atoms with Gasteiger partial charge in [0.05, 0.1) is 28.5 Å². The van der Waals surface area contributed by atoms with E-state index < -0.39 is 20.2 Å². The lowest BCUT2D eigenvalue weighted by atomic mass is 9.83. The Morgan fingerprint density at radius 3 is 2.58 bits per heavy atom. The van der Waals surface area contributed by atoms with Gasteiger partial charge in [0.15, 0.2) is 15.4 Å². The molecule has 0 N–H and O–H groups in total. The summed E-state index contributed by atoms with van der Waals surface area (Å²) in [5.74, 6) is 2.51. The Labute approximate surface area is 212 Å². The van der Waals surface area contributed by atoms with Gasteiger partial charge in [-0.2, -0.15) is 0 Å². The Balaban J connectivity index is 1.33. The van der Waals surface area contributed by atoms with Crippen molar-refractivity contribution in [1.82, 2.24) is 14.5 Å². The second-order valence-electron chi connectivity index (χ2n) is 11.6. The third-order valence-corrected chi connectivity index (χ3v) is 11.3. The number of sulfone groups is 1. The molecule has 2 saturated heterocycles. The largest absolute Gasteiger partial charge is 0.480 e. The Morgan fingerprint density at radius 2 is 1.89 bits per heavy atom. The van der Waals surface area contributed by atoms with Crippen LogP contribution < -0.4 is 4.74 Å². The van der Waals surface area contributed by atoms with Crippen molar-refractivity contribution in [3.63, 3.8) is 0 Å². The highest BCUT2D eigenvalue weighted by Gasteiger charge is 2.49. The molecule has 1 saturated carbocycles. The first-order chi connectivity index (χ1) is 17.1. The van der Waals surface area contributed by atoms with E-state index in [1.165, 1.54) is 0 Å². The van der Waals surface area contributed by atoms with Crippen molar-refractivity contribution < 1.29 is 22.7 Å². The topological polar surface area (TPSA) is 90.7 Å². The number of imidazole rings is 1. The normalized spacial score (nSPS) is 25.5. The van der Waals surface area contributed by atoms with Crippen molar-refractivity contribution in [2.45, 2.75) is 68.6 Å². The fraction of sp³-hybridized carbons (Fsp3) is 0.630. The highest BCUT2D eigenvalue weighted by molar-refractivity contribution is 7.92. The number of aromatic nitrogens is 2. The zero-order valence-electron chi connectivity index (χ0n) is 21.3. The number of benzene rings is 1. The van der Waals surface area contributed by atoms with E-state index in [2.05, 4.69) is 4.57 Å². The zero-order chi connectivity index (χ0) is 25.3. The zero-order valence-corrected chi connectivity index (χ0v) is 22.1. The minimum Gasteiger partial charge on any atom is -0.480 e. The summed E-state index contributed by atoms with van der Waals surface area (Å²) >= 11 is 0. The third kappa shape index (κ3) is 3.81. The lowest BCUT2D eigenvalue weighted by Crippen LogP contribution is -2.50. The molecule has 1 aliphatic carbocycles. The first-order valence-corrected chi connectivity index (χ1v) is 14.7. The fourth-order valence-electron chi connectivity index (χ4n) is 6.17. The molecule has 1 amide bonds. The van der Waals surface area contributed by atoms with Crippen molar-refractivity contribution in [1.29, 1.82) is 0 Å². The second kappa shape index (κ2) is 8.23. The van der Waals surface area contributed by atoms with Gasteiger partial charge in [-0.1, -0.05) is 12.1 Å². The Bertz CT molecular complexity index is 1300. The van der Waals surface area contributed by atoms with Gasteiger partial charge >= 0.3 is 6.09 Å². The number of amides is 1. The first kappa shape index (κ1) is 23.8. The molecule has 194 valence electrons. The molecule has 4 aliphatic rings. The molecule has 0 bridgehead atoms. The number of hydrogen-bond acceptors (Lipinski definition) is 6. The summed E-state index contributed by atoms with van der Waals surface area (Å²) in [4.78, 5) is 19.6. The van der Waals surface area contributed by atoms with Crippen LogP contribution in [0, 0.1) is 5.92 Å². The minimum atomic E-state index is -3.12. The number of carbonyl (C=O) groups is 1. The second-order valence-corrected chi connectivity index (χ2v) is 14.3. The van der Waals surface area contributed by atoms with Gasteiger partial charge in [0, 0.05) is 44.5 Å². The number of fused-ring (bicyclic) bond motifs is 4. The summed E-state index contributed by atoms with van der Waals surface area (Å²) in [6.45, 7) is 5.29. The molecular weight excluding hydrogens is 478 g/mol. The van der Waals surface area contributed by atoms with Gasteiger partial charge in [0.1, 0.15) is 11.6 Å². The summed E-state index contributed by atoms with van der Waals surface area (Å²) in [6, 6.07) is 7.99. The van der Waals surface area contributed by atoms with Crippen LogP contribution in [0.25, 0.3) is 11.3 Å². The van der Waals surface area contributed by atoms with Gasteiger partial charge in [0.25, 0.3) is 0 Å². The van der Waals surface area contributed by atoms with Crippen LogP contribution in [0.4, 0.5) is 4.79 Å². The predicted molar refractivity (Wildman–Crippen MR) is 136 cm³/mol. The van der Waals surface area contributed by atoms with E-state index in [1.807, 2.05) is 45.2 Å². The maximum absolute atomic E-state index is 12.6. The van der Waals surface area contributed by atoms with Crippen LogP contribution in [-0.4, -0.2) is 59.2 Å². The molecule has 3 aliphatic heterocycles. The highest BCUT2D eigenvalue weighted by Crippen LogP contribution is 2.51. The van der Waals surface area contributed by atoms with E-state index >= 15 is 0 Å². The van der Waals surface area contributed by atoms with E-state index in [9.17, 15) is 13.2 Å². The maximum atomic E-state index is 12.6. The van der Waals surface area contributed by atoms with Gasteiger partial charge in [-0.3, -0.25) is 0 Å². The summed E-state index contributed by atoms with van der Waals surface area (Å²) in [7, 11) is -1.09. The molecule has 9 heteroatoms. The van der Waals surface area contributed by atoms with Crippen LogP contribution in [-0.2, 0) is 27.2 Å². The smallest absolute Gasteiger partial charge is 0.409 e. The summed E-state index contributed by atoms with van der Waals surface area (Å²) < 4.78 is 39.0. The van der Waals surface area contributed by atoms with Crippen LogP contribution in [0.3, 0.4) is 0 Å². The van der Waals surface area contributed by atoms with Crippen LogP contribution in [0.5, 0.6) is 5.75 Å². The Hall–Kier alpha value is -2.55. The van der Waals surface area contributed by atoms with E-state index in [0.29, 0.717) is 51.3 Å². The Kier molecular flexibility index (Phi) is 5.45. The Morgan fingerprint density at radius 1 is 1.17 bits per heavy atom. The molecule has 0 unspecified atom stereocenters. The maximum Gasteiger partial charge on any atom is 0.409 e. The van der Waals surface area contributed by atoms with Gasteiger partial charge in [-0.15, -0.1) is 0 Å². The summed E-state index contributed by atoms with van der Waals surface area (Å²) in [5.41, 5.74) is 2.33. The quantitative estimate of drug-likeness (QED) is 0.605. The molecule has 2 aromatic rings. The number of ether oxygens (including phenoxy) is 2. The van der Waals surface area contributed by atoms with Crippen LogP contribution in [0.1, 0.15) is 69.8 Å². The molecule has 1 atom stereocenters. The molecule has 4 heterocycles. The SMILES string of the molecule is Cn1c([C@@H]2CCS(=O)(=O)C(C)(C)C2)nc2c1C1(CCN(C(=O)OCC3CC3)CC1)Oc1ccccc1-2. The van der Waals surface area contributed by atoms with Crippen molar-refractivity contribution in [3.8, 4) is 17.0 Å². The molecule has 3 fully saturated rings. The van der Waals surface area contributed by atoms with Gasteiger partial charge in [-0.05, 0) is 57.6 Å². The van der Waals surface area contributed by atoms with Gasteiger partial charge < -0.3 is 18.9 Å². The van der Waals surface area contributed by atoms with Crippen LogP contribution in [0.15, 0.2) is 24.3 Å². The number of rotatable bonds is 3. The van der Waals surface area contributed by atoms with Crippen molar-refractivity contribution >= 4 is 15.9 Å². The van der Waals surface area contributed by atoms with Crippen molar-refractivity contribution in [2.75, 3.05) is 25.4 Å². The third-order valence-electron chi connectivity index (χ3n) is 8.66. The number of likely N-dealkylation sites (tertiary alicyclic amines) is 1. The van der Waals surface area contributed by atoms with E-state index in [-0.39, 0.29) is 17.8 Å². The van der Waals surface area contributed by atoms with Gasteiger partial charge in [-0.25, -0.2) is 18.2 Å². The van der Waals surface area contributed by atoms with E-state index in [1.54, 1.807) is 4.90 Å². The molecule has 6 rings (SSSR count). The number of hydrogen-bond donors (Lipinski definition) is 0. The van der Waals surface area contributed by atoms with Crippen LogP contribution >= 0.6 is 0 Å². The van der Waals surface area contributed by atoms with Gasteiger partial charge in [0.2, 0.25) is 0 Å². The monoisotopic (exact) mass is 513 g/mol. The number of piperidine rings is 1. The summed E-state index contributed by atoms with van der Waals surface area (Å²) in [5, 5.41) is 0. The number of nitrogens with zero attached hydrogens (tertiary/aromatic N) is 3. The molecule has 1 aromatic heterocycles. The van der Waals surface area contributed by atoms with Crippen molar-refractivity contribution in [3.05, 3.63) is 35.8 Å². The molecule has 1 aromatic carbocycles. The average molecular weight is 514 g/mol. The number of carbonyl (C=O) groups excluding carboxylic acids is 1. The first-order valence-electron chi connectivity index (χ1n) is 13.1. The number of para-hydroxylation sites is 1. The van der Waals surface area contributed by atoms with E-state index in [4.69, 9.17) is 14.5 Å². The van der Waals surface area contributed by atoms with E-state index in [0.717, 1.165) is 41.4 Å². The molecule has 0 radical (unpaired) electrons. The lowest BCUT2D eigenvalue weighted by Gasteiger charge is -2.44. The summed E-state index contributed by atoms with van der Waals surface area (Å²) in [6.07, 6.45) is 4.50. The van der Waals surface area contributed by atoms with Crippen LogP contribution in [0.2, 0.25) is 0 Å². The average Bonchev–Trinajstić information content (AvgIpc) is 3.61.